The summed E-state index contributed by atoms with van der Waals surface area (Å²) in [6, 6.07) is 19.8. The van der Waals surface area contributed by atoms with Crippen molar-refractivity contribution in [1.82, 2.24) is 4.72 Å². The van der Waals surface area contributed by atoms with Gasteiger partial charge in [-0.3, -0.25) is 0 Å². The molecule has 0 saturated carbocycles. The third kappa shape index (κ3) is 3.30. The first-order valence-corrected chi connectivity index (χ1v) is 8.64. The molecule has 0 bridgehead atoms. The molecule has 5 heteroatoms. The minimum Gasteiger partial charge on any atom is -0.207 e. The zero-order valence-electron chi connectivity index (χ0n) is 11.7. The van der Waals surface area contributed by atoms with Crippen molar-refractivity contribution in [2.45, 2.75) is 11.4 Å². The van der Waals surface area contributed by atoms with Gasteiger partial charge in [-0.05, 0) is 40.6 Å². The monoisotopic (exact) mass is 331 g/mol. The molecule has 3 rings (SSSR count). The Kier molecular flexibility index (Phi) is 4.16. The minimum absolute atomic E-state index is 0.229. The summed E-state index contributed by atoms with van der Waals surface area (Å²) in [4.78, 5) is 0.264. The highest BCUT2D eigenvalue weighted by molar-refractivity contribution is 7.89. The molecule has 0 unspecified atom stereocenters. The third-order valence-corrected chi connectivity index (χ3v) is 5.06. The quantitative estimate of drug-likeness (QED) is 0.786. The molecular formula is C17H14ClNO2S. The molecule has 3 aromatic carbocycles. The Morgan fingerprint density at radius 3 is 2.27 bits per heavy atom. The van der Waals surface area contributed by atoms with Gasteiger partial charge in [0.1, 0.15) is 0 Å². The Morgan fingerprint density at radius 1 is 0.864 bits per heavy atom. The van der Waals surface area contributed by atoms with Gasteiger partial charge in [0.15, 0.2) is 0 Å². The fourth-order valence-electron chi connectivity index (χ4n) is 2.20. The normalized spacial score (nSPS) is 11.7. The fourth-order valence-corrected chi connectivity index (χ4v) is 3.38. The summed E-state index contributed by atoms with van der Waals surface area (Å²) in [5, 5.41) is 2.54. The number of fused-ring (bicyclic) bond motifs is 1. The molecule has 0 atom stereocenters. The van der Waals surface area contributed by atoms with Crippen LogP contribution in [0.4, 0.5) is 0 Å². The van der Waals surface area contributed by atoms with E-state index in [0.717, 1.165) is 16.3 Å². The molecule has 0 aliphatic rings. The van der Waals surface area contributed by atoms with Crippen LogP contribution in [-0.4, -0.2) is 8.42 Å². The molecule has 0 aliphatic heterocycles. The second-order valence-corrected chi connectivity index (χ2v) is 7.16. The lowest BCUT2D eigenvalue weighted by Crippen LogP contribution is -2.23. The summed E-state index contributed by atoms with van der Waals surface area (Å²) >= 11 is 5.81. The molecule has 0 radical (unpaired) electrons. The largest absolute Gasteiger partial charge is 0.240 e. The maximum absolute atomic E-state index is 12.4. The molecule has 0 spiro atoms. The molecule has 22 heavy (non-hydrogen) atoms. The van der Waals surface area contributed by atoms with Crippen molar-refractivity contribution in [2.24, 2.45) is 0 Å². The van der Waals surface area contributed by atoms with Gasteiger partial charge in [0, 0.05) is 11.6 Å². The number of halogens is 1. The van der Waals surface area contributed by atoms with Crippen LogP contribution < -0.4 is 4.72 Å². The van der Waals surface area contributed by atoms with Crippen molar-refractivity contribution in [3.8, 4) is 0 Å². The minimum atomic E-state index is -3.54. The number of rotatable bonds is 4. The van der Waals surface area contributed by atoms with Gasteiger partial charge in [-0.2, -0.15) is 0 Å². The predicted molar refractivity (Wildman–Crippen MR) is 89.4 cm³/mol. The topological polar surface area (TPSA) is 46.2 Å². The molecule has 1 N–H and O–H groups in total. The van der Waals surface area contributed by atoms with E-state index in [2.05, 4.69) is 4.72 Å². The van der Waals surface area contributed by atoms with E-state index in [0.29, 0.717) is 5.02 Å². The second kappa shape index (κ2) is 6.08. The number of sulfonamides is 1. The average molecular weight is 332 g/mol. The highest BCUT2D eigenvalue weighted by Gasteiger charge is 2.14. The Bertz CT molecular complexity index is 905. The van der Waals surface area contributed by atoms with Crippen molar-refractivity contribution in [3.63, 3.8) is 0 Å². The molecular weight excluding hydrogens is 318 g/mol. The van der Waals surface area contributed by atoms with Gasteiger partial charge >= 0.3 is 0 Å². The van der Waals surface area contributed by atoms with Crippen LogP contribution in [-0.2, 0) is 16.6 Å². The van der Waals surface area contributed by atoms with E-state index in [-0.39, 0.29) is 11.4 Å². The molecule has 0 heterocycles. The maximum Gasteiger partial charge on any atom is 0.240 e. The average Bonchev–Trinajstić information content (AvgIpc) is 2.54. The van der Waals surface area contributed by atoms with Gasteiger partial charge in [-0.15, -0.1) is 0 Å². The molecule has 0 aromatic heterocycles. The van der Waals surface area contributed by atoms with E-state index in [4.69, 9.17) is 11.6 Å². The van der Waals surface area contributed by atoms with Crippen LogP contribution >= 0.6 is 11.6 Å². The number of hydrogen-bond donors (Lipinski definition) is 1. The van der Waals surface area contributed by atoms with E-state index in [1.807, 2.05) is 30.3 Å². The lowest BCUT2D eigenvalue weighted by atomic mass is 10.1. The Hall–Kier alpha value is -1.88. The van der Waals surface area contributed by atoms with Gasteiger partial charge in [-0.25, -0.2) is 13.1 Å². The lowest BCUT2D eigenvalue weighted by molar-refractivity contribution is 0.581. The van der Waals surface area contributed by atoms with Crippen molar-refractivity contribution < 1.29 is 8.42 Å². The van der Waals surface area contributed by atoms with E-state index in [1.54, 1.807) is 36.4 Å². The smallest absolute Gasteiger partial charge is 0.207 e. The van der Waals surface area contributed by atoms with Crippen molar-refractivity contribution in [1.29, 1.82) is 0 Å². The summed E-state index contributed by atoms with van der Waals surface area (Å²) in [5.74, 6) is 0. The molecule has 0 aliphatic carbocycles. The highest BCUT2D eigenvalue weighted by atomic mass is 35.5. The van der Waals surface area contributed by atoms with Crippen molar-refractivity contribution in [3.05, 3.63) is 77.3 Å². The Labute approximate surface area is 134 Å². The fraction of sp³-hybridized carbons (Fsp3) is 0.0588. The first kappa shape index (κ1) is 15.0. The first-order chi connectivity index (χ1) is 10.5. The Morgan fingerprint density at radius 2 is 1.55 bits per heavy atom. The number of hydrogen-bond acceptors (Lipinski definition) is 2. The van der Waals surface area contributed by atoms with E-state index >= 15 is 0 Å². The van der Waals surface area contributed by atoms with Crippen LogP contribution in [0.2, 0.25) is 5.02 Å². The molecule has 0 saturated heterocycles. The van der Waals surface area contributed by atoms with Gasteiger partial charge in [0.2, 0.25) is 10.0 Å². The molecule has 0 fully saturated rings. The zero-order valence-corrected chi connectivity index (χ0v) is 13.2. The highest BCUT2D eigenvalue weighted by Crippen LogP contribution is 2.19. The van der Waals surface area contributed by atoms with Crippen LogP contribution in [0.15, 0.2) is 71.6 Å². The van der Waals surface area contributed by atoms with Crippen molar-refractivity contribution in [2.75, 3.05) is 0 Å². The van der Waals surface area contributed by atoms with Crippen LogP contribution in [0.5, 0.6) is 0 Å². The second-order valence-electron chi connectivity index (χ2n) is 4.96. The summed E-state index contributed by atoms with van der Waals surface area (Å²) in [5.41, 5.74) is 0.855. The summed E-state index contributed by atoms with van der Waals surface area (Å²) in [6.45, 7) is 0.229. The third-order valence-electron chi connectivity index (χ3n) is 3.41. The van der Waals surface area contributed by atoms with Crippen LogP contribution in [0.1, 0.15) is 5.56 Å². The van der Waals surface area contributed by atoms with Crippen LogP contribution in [0.25, 0.3) is 10.8 Å². The van der Waals surface area contributed by atoms with E-state index in [9.17, 15) is 8.42 Å². The van der Waals surface area contributed by atoms with Gasteiger partial charge < -0.3 is 0 Å². The molecule has 112 valence electrons. The first-order valence-electron chi connectivity index (χ1n) is 6.77. The van der Waals surface area contributed by atoms with Gasteiger partial charge in [0.25, 0.3) is 0 Å². The van der Waals surface area contributed by atoms with E-state index < -0.39 is 10.0 Å². The predicted octanol–water partition coefficient (Wildman–Crippen LogP) is 3.97. The maximum atomic E-state index is 12.4. The molecule has 0 amide bonds. The number of nitrogens with one attached hydrogen (secondary N) is 1. The molecule has 3 aromatic rings. The van der Waals surface area contributed by atoms with Crippen LogP contribution in [0.3, 0.4) is 0 Å². The van der Waals surface area contributed by atoms with Crippen molar-refractivity contribution >= 4 is 32.4 Å². The summed E-state index contributed by atoms with van der Waals surface area (Å²) in [7, 11) is -3.54. The number of benzene rings is 3. The standard InChI is InChI=1S/C17H14ClNO2S/c18-16-8-5-13(6-9-16)12-19-22(20,21)17-10-7-14-3-1-2-4-15(14)11-17/h1-11,19H,12H2. The summed E-state index contributed by atoms with van der Waals surface area (Å²) < 4.78 is 27.4. The van der Waals surface area contributed by atoms with Gasteiger partial charge in [0.05, 0.1) is 4.90 Å². The lowest BCUT2D eigenvalue weighted by Gasteiger charge is -2.08. The molecule has 3 nitrogen and oxygen atoms in total. The van der Waals surface area contributed by atoms with Crippen LogP contribution in [0, 0.1) is 0 Å². The summed E-state index contributed by atoms with van der Waals surface area (Å²) in [6.07, 6.45) is 0. The SMILES string of the molecule is O=S(=O)(NCc1ccc(Cl)cc1)c1ccc2ccccc2c1. The van der Waals surface area contributed by atoms with E-state index in [1.165, 1.54) is 0 Å². The Balaban J connectivity index is 1.83. The van der Waals surface area contributed by atoms with Gasteiger partial charge in [-0.1, -0.05) is 54.1 Å². The zero-order chi connectivity index (χ0) is 15.6.